The minimum Gasteiger partial charge on any atom is -0.316 e. The van der Waals surface area contributed by atoms with E-state index in [0.29, 0.717) is 0 Å². The number of hydrogen-bond donors (Lipinski definition) is 1. The van der Waals surface area contributed by atoms with E-state index in [1.54, 1.807) is 5.57 Å². The number of nitrogens with zero attached hydrogens (tertiary/aromatic N) is 1. The molecule has 1 fully saturated rings. The minimum absolute atomic E-state index is 1.08. The van der Waals surface area contributed by atoms with Gasteiger partial charge in [0.2, 0.25) is 0 Å². The van der Waals surface area contributed by atoms with E-state index in [2.05, 4.69) is 26.1 Å². The molecule has 0 aliphatic carbocycles. The van der Waals surface area contributed by atoms with Gasteiger partial charge in [0.25, 0.3) is 0 Å². The molecular formula is C14H26N2. The molecule has 1 saturated heterocycles. The second kappa shape index (κ2) is 7.61. The highest BCUT2D eigenvalue weighted by Crippen LogP contribution is 2.20. The third-order valence-electron chi connectivity index (χ3n) is 3.17. The Balaban J connectivity index is 2.65. The smallest absolute Gasteiger partial charge is 0.0393 e. The largest absolute Gasteiger partial charge is 0.316 e. The van der Waals surface area contributed by atoms with Gasteiger partial charge < -0.3 is 5.32 Å². The number of hydrogen-bond acceptors (Lipinski definition) is 2. The summed E-state index contributed by atoms with van der Waals surface area (Å²) in [6.07, 6.45) is 7.14. The van der Waals surface area contributed by atoms with E-state index in [1.165, 1.54) is 37.1 Å². The first-order valence-corrected chi connectivity index (χ1v) is 6.73. The van der Waals surface area contributed by atoms with Crippen LogP contribution in [0.4, 0.5) is 0 Å². The zero-order valence-corrected chi connectivity index (χ0v) is 11.1. The lowest BCUT2D eigenvalue weighted by molar-refractivity contribution is 0.601. The minimum atomic E-state index is 1.08. The van der Waals surface area contributed by atoms with Crippen molar-refractivity contribution in [2.24, 2.45) is 4.99 Å². The van der Waals surface area contributed by atoms with E-state index in [4.69, 9.17) is 4.99 Å². The molecule has 1 heterocycles. The summed E-state index contributed by atoms with van der Waals surface area (Å²) in [4.78, 5) is 4.82. The van der Waals surface area contributed by atoms with Crippen molar-refractivity contribution < 1.29 is 0 Å². The molecule has 0 unspecified atom stereocenters. The van der Waals surface area contributed by atoms with Crippen LogP contribution in [-0.2, 0) is 0 Å². The van der Waals surface area contributed by atoms with Crippen LogP contribution in [0.25, 0.3) is 0 Å². The Labute approximate surface area is 100 Å². The summed E-state index contributed by atoms with van der Waals surface area (Å²) in [6.45, 7) is 8.89. The van der Waals surface area contributed by atoms with Crippen molar-refractivity contribution >= 4 is 5.71 Å². The van der Waals surface area contributed by atoms with Crippen LogP contribution in [-0.4, -0.2) is 18.8 Å². The van der Waals surface area contributed by atoms with Gasteiger partial charge in [-0.2, -0.15) is 0 Å². The molecule has 0 spiro atoms. The van der Waals surface area contributed by atoms with Gasteiger partial charge in [0.15, 0.2) is 0 Å². The highest BCUT2D eigenvalue weighted by atomic mass is 14.9. The molecular weight excluding hydrogens is 196 g/mol. The van der Waals surface area contributed by atoms with Gasteiger partial charge in [0.05, 0.1) is 0 Å². The zero-order chi connectivity index (χ0) is 11.8. The quantitative estimate of drug-likeness (QED) is 0.705. The van der Waals surface area contributed by atoms with Gasteiger partial charge in [0.1, 0.15) is 0 Å². The molecule has 1 aliphatic heterocycles. The normalized spacial score (nSPS) is 17.7. The molecule has 2 heteroatoms. The van der Waals surface area contributed by atoms with Crippen molar-refractivity contribution in [1.29, 1.82) is 0 Å². The molecule has 92 valence electrons. The molecule has 0 radical (unpaired) electrons. The second-order valence-electron chi connectivity index (χ2n) is 4.60. The molecule has 1 N–H and O–H groups in total. The molecule has 0 atom stereocenters. The lowest BCUT2D eigenvalue weighted by Gasteiger charge is -2.18. The van der Waals surface area contributed by atoms with E-state index in [1.807, 2.05) is 0 Å². The van der Waals surface area contributed by atoms with Gasteiger partial charge in [-0.15, -0.1) is 0 Å². The molecule has 1 aliphatic rings. The SMILES string of the molecule is CCCCC(C)=NC(CC)=C1CCNCC1. The number of unbranched alkanes of at least 4 members (excludes halogenated alkanes) is 1. The molecule has 0 saturated carbocycles. The van der Waals surface area contributed by atoms with E-state index in [-0.39, 0.29) is 0 Å². The first kappa shape index (κ1) is 13.4. The van der Waals surface area contributed by atoms with Gasteiger partial charge in [-0.3, -0.25) is 4.99 Å². The van der Waals surface area contributed by atoms with Crippen LogP contribution in [0.5, 0.6) is 0 Å². The third-order valence-corrected chi connectivity index (χ3v) is 3.17. The van der Waals surface area contributed by atoms with E-state index in [9.17, 15) is 0 Å². The van der Waals surface area contributed by atoms with Crippen molar-refractivity contribution in [1.82, 2.24) is 5.32 Å². The zero-order valence-electron chi connectivity index (χ0n) is 11.1. The van der Waals surface area contributed by atoms with Gasteiger partial charge in [-0.1, -0.05) is 20.3 Å². The standard InChI is InChI=1S/C14H26N2/c1-4-6-7-12(3)16-14(5-2)13-8-10-15-11-9-13/h15H,4-11H2,1-3H3. The Hall–Kier alpha value is -0.630. The summed E-state index contributed by atoms with van der Waals surface area (Å²) >= 11 is 0. The number of rotatable bonds is 5. The Bertz CT molecular complexity index is 256. The lowest BCUT2D eigenvalue weighted by Crippen LogP contribution is -2.23. The Morgan fingerprint density at radius 3 is 2.50 bits per heavy atom. The van der Waals surface area contributed by atoms with Crippen molar-refractivity contribution in [3.8, 4) is 0 Å². The molecule has 2 nitrogen and oxygen atoms in total. The van der Waals surface area contributed by atoms with Crippen LogP contribution < -0.4 is 5.32 Å². The average molecular weight is 222 g/mol. The predicted octanol–water partition coefficient (Wildman–Crippen LogP) is 3.69. The topological polar surface area (TPSA) is 24.4 Å². The monoisotopic (exact) mass is 222 g/mol. The number of aliphatic imine (C=N–C) groups is 1. The summed E-state index contributed by atoms with van der Waals surface area (Å²) in [7, 11) is 0. The van der Waals surface area contributed by atoms with E-state index < -0.39 is 0 Å². The summed E-state index contributed by atoms with van der Waals surface area (Å²) < 4.78 is 0. The summed E-state index contributed by atoms with van der Waals surface area (Å²) in [6, 6.07) is 0. The van der Waals surface area contributed by atoms with Crippen LogP contribution in [0, 0.1) is 0 Å². The van der Waals surface area contributed by atoms with Crippen LogP contribution in [0.15, 0.2) is 16.3 Å². The summed E-state index contributed by atoms with van der Waals surface area (Å²) in [5, 5.41) is 3.40. The summed E-state index contributed by atoms with van der Waals surface area (Å²) in [5.74, 6) is 0. The second-order valence-corrected chi connectivity index (χ2v) is 4.60. The Morgan fingerprint density at radius 2 is 1.94 bits per heavy atom. The number of nitrogens with one attached hydrogen (secondary N) is 1. The fraction of sp³-hybridized carbons (Fsp3) is 0.786. The molecule has 0 amide bonds. The molecule has 0 aromatic rings. The molecule has 0 bridgehead atoms. The maximum absolute atomic E-state index is 4.82. The fourth-order valence-electron chi connectivity index (χ4n) is 2.14. The average Bonchev–Trinajstić information content (AvgIpc) is 2.34. The molecule has 0 aromatic carbocycles. The predicted molar refractivity (Wildman–Crippen MR) is 72.1 cm³/mol. The highest BCUT2D eigenvalue weighted by molar-refractivity contribution is 5.82. The molecule has 1 rings (SSSR count). The van der Waals surface area contributed by atoms with Crippen LogP contribution >= 0.6 is 0 Å². The third kappa shape index (κ3) is 4.48. The maximum atomic E-state index is 4.82. The first-order valence-electron chi connectivity index (χ1n) is 6.73. The lowest BCUT2D eigenvalue weighted by atomic mass is 10.0. The fourth-order valence-corrected chi connectivity index (χ4v) is 2.14. The van der Waals surface area contributed by atoms with E-state index >= 15 is 0 Å². The Morgan fingerprint density at radius 1 is 1.25 bits per heavy atom. The van der Waals surface area contributed by atoms with Gasteiger partial charge in [0, 0.05) is 11.4 Å². The van der Waals surface area contributed by atoms with Gasteiger partial charge in [-0.05, 0) is 57.7 Å². The van der Waals surface area contributed by atoms with Crippen molar-refractivity contribution in [2.75, 3.05) is 13.1 Å². The van der Waals surface area contributed by atoms with Gasteiger partial charge in [-0.25, -0.2) is 0 Å². The van der Waals surface area contributed by atoms with Crippen molar-refractivity contribution in [2.45, 2.75) is 59.3 Å². The Kier molecular flexibility index (Phi) is 6.39. The summed E-state index contributed by atoms with van der Waals surface area (Å²) in [5.41, 5.74) is 4.25. The number of allylic oxidation sites excluding steroid dienone is 1. The molecule has 16 heavy (non-hydrogen) atoms. The van der Waals surface area contributed by atoms with Gasteiger partial charge >= 0.3 is 0 Å². The maximum Gasteiger partial charge on any atom is 0.0393 e. The molecule has 0 aromatic heterocycles. The van der Waals surface area contributed by atoms with Crippen molar-refractivity contribution in [3.63, 3.8) is 0 Å². The number of piperidine rings is 1. The van der Waals surface area contributed by atoms with Crippen LogP contribution in [0.3, 0.4) is 0 Å². The van der Waals surface area contributed by atoms with Crippen molar-refractivity contribution in [3.05, 3.63) is 11.3 Å². The van der Waals surface area contributed by atoms with Crippen LogP contribution in [0.2, 0.25) is 0 Å². The van der Waals surface area contributed by atoms with Crippen LogP contribution in [0.1, 0.15) is 59.3 Å². The highest BCUT2D eigenvalue weighted by Gasteiger charge is 2.09. The van der Waals surface area contributed by atoms with E-state index in [0.717, 1.165) is 25.9 Å². The first-order chi connectivity index (χ1) is 7.77.